The minimum Gasteiger partial charge on any atom is -0.493 e. The van der Waals surface area contributed by atoms with E-state index in [1.54, 1.807) is 0 Å². The zero-order valence-corrected chi connectivity index (χ0v) is 13.9. The topological polar surface area (TPSA) is 47.3 Å². The Morgan fingerprint density at radius 2 is 2.00 bits per heavy atom. The van der Waals surface area contributed by atoms with E-state index in [9.17, 15) is 0 Å². The van der Waals surface area contributed by atoms with Crippen LogP contribution >= 0.6 is 31.9 Å². The van der Waals surface area contributed by atoms with Crippen LogP contribution in [0, 0.1) is 0 Å². The van der Waals surface area contributed by atoms with Gasteiger partial charge in [0.15, 0.2) is 0 Å². The first-order valence-electron chi connectivity index (χ1n) is 6.36. The molecule has 3 N–H and O–H groups in total. The van der Waals surface area contributed by atoms with Gasteiger partial charge in [0.05, 0.1) is 12.6 Å². The Morgan fingerprint density at radius 3 is 2.75 bits per heavy atom. The van der Waals surface area contributed by atoms with Gasteiger partial charge in [0.1, 0.15) is 5.75 Å². The number of para-hydroxylation sites is 1. The summed E-state index contributed by atoms with van der Waals surface area (Å²) in [7, 11) is 0. The van der Waals surface area contributed by atoms with Crippen LogP contribution in [0.1, 0.15) is 22.7 Å². The molecule has 0 aromatic heterocycles. The van der Waals surface area contributed by atoms with E-state index in [-0.39, 0.29) is 6.04 Å². The van der Waals surface area contributed by atoms with Gasteiger partial charge in [-0.2, -0.15) is 0 Å². The molecule has 3 rings (SSSR count). The van der Waals surface area contributed by atoms with Crippen LogP contribution in [0.4, 0.5) is 0 Å². The van der Waals surface area contributed by atoms with Crippen LogP contribution in [0.5, 0.6) is 5.75 Å². The second-order valence-electron chi connectivity index (χ2n) is 4.70. The molecule has 0 saturated carbocycles. The molecule has 0 saturated heterocycles. The van der Waals surface area contributed by atoms with E-state index in [1.807, 2.05) is 18.2 Å². The van der Waals surface area contributed by atoms with Gasteiger partial charge in [-0.15, -0.1) is 0 Å². The Hall–Kier alpha value is -0.880. The van der Waals surface area contributed by atoms with Crippen molar-refractivity contribution in [3.8, 4) is 5.75 Å². The van der Waals surface area contributed by atoms with E-state index >= 15 is 0 Å². The van der Waals surface area contributed by atoms with Gasteiger partial charge in [0.2, 0.25) is 0 Å². The third kappa shape index (κ3) is 2.51. The zero-order valence-electron chi connectivity index (χ0n) is 10.7. The third-order valence-corrected chi connectivity index (χ3v) is 4.68. The molecule has 0 fully saturated rings. The normalized spacial score (nSPS) is 14.8. The highest BCUT2D eigenvalue weighted by Crippen LogP contribution is 2.38. The molecule has 1 atom stereocenters. The smallest absolute Gasteiger partial charge is 0.127 e. The molecule has 104 valence electrons. The molecule has 0 spiro atoms. The average molecular weight is 398 g/mol. The number of hydrogen-bond acceptors (Lipinski definition) is 3. The summed E-state index contributed by atoms with van der Waals surface area (Å²) in [4.78, 5) is 0. The lowest BCUT2D eigenvalue weighted by molar-refractivity contribution is 0.350. The summed E-state index contributed by atoms with van der Waals surface area (Å²) in [6.07, 6.45) is 0.960. The number of hydrogen-bond donors (Lipinski definition) is 2. The van der Waals surface area contributed by atoms with Crippen LogP contribution in [0.3, 0.4) is 0 Å². The van der Waals surface area contributed by atoms with Crippen molar-refractivity contribution in [1.82, 2.24) is 5.43 Å². The number of halogens is 2. The summed E-state index contributed by atoms with van der Waals surface area (Å²) in [5, 5.41) is 0. The van der Waals surface area contributed by atoms with Crippen molar-refractivity contribution >= 4 is 31.9 Å². The molecular weight excluding hydrogens is 384 g/mol. The number of rotatable bonds is 3. The molecule has 2 aromatic carbocycles. The van der Waals surface area contributed by atoms with Crippen LogP contribution in [0.2, 0.25) is 0 Å². The van der Waals surface area contributed by atoms with Crippen LogP contribution in [0.25, 0.3) is 0 Å². The van der Waals surface area contributed by atoms with Crippen molar-refractivity contribution in [3.05, 3.63) is 62.0 Å². The molecule has 5 heteroatoms. The maximum Gasteiger partial charge on any atom is 0.127 e. The molecule has 0 amide bonds. The number of ether oxygens (including phenoxy) is 1. The van der Waals surface area contributed by atoms with Crippen LogP contribution in [-0.2, 0) is 6.42 Å². The van der Waals surface area contributed by atoms with Gasteiger partial charge in [0, 0.05) is 20.9 Å². The Kier molecular flexibility index (Phi) is 4.12. The van der Waals surface area contributed by atoms with E-state index in [1.165, 1.54) is 5.56 Å². The highest BCUT2D eigenvalue weighted by molar-refractivity contribution is 9.11. The van der Waals surface area contributed by atoms with E-state index < -0.39 is 0 Å². The molecule has 1 aliphatic rings. The number of nitrogens with two attached hydrogens (primary N) is 1. The average Bonchev–Trinajstić information content (AvgIpc) is 2.91. The van der Waals surface area contributed by atoms with Gasteiger partial charge in [-0.1, -0.05) is 56.1 Å². The molecule has 3 nitrogen and oxygen atoms in total. The van der Waals surface area contributed by atoms with Gasteiger partial charge in [-0.25, -0.2) is 5.43 Å². The standard InChI is InChI=1S/C15H14Br2N2O/c16-10-4-5-11(13(17)8-10)14(19-18)12-3-1-2-9-6-7-20-15(9)12/h1-5,8,14,19H,6-7,18H2. The van der Waals surface area contributed by atoms with Gasteiger partial charge in [-0.3, -0.25) is 5.84 Å². The van der Waals surface area contributed by atoms with Crippen molar-refractivity contribution in [2.75, 3.05) is 6.61 Å². The fraction of sp³-hybridized carbons (Fsp3) is 0.200. The fourth-order valence-electron chi connectivity index (χ4n) is 2.55. The van der Waals surface area contributed by atoms with E-state index in [0.29, 0.717) is 0 Å². The van der Waals surface area contributed by atoms with Gasteiger partial charge < -0.3 is 4.74 Å². The quantitative estimate of drug-likeness (QED) is 0.613. The SMILES string of the molecule is NNC(c1ccc(Br)cc1Br)c1cccc2c1OCC2. The molecule has 0 aliphatic carbocycles. The summed E-state index contributed by atoms with van der Waals surface area (Å²) in [6, 6.07) is 12.2. The first kappa shape index (κ1) is 14.1. The summed E-state index contributed by atoms with van der Waals surface area (Å²) in [6.45, 7) is 0.741. The first-order valence-corrected chi connectivity index (χ1v) is 7.95. The lowest BCUT2D eigenvalue weighted by Gasteiger charge is -2.20. The summed E-state index contributed by atoms with van der Waals surface area (Å²) in [5.41, 5.74) is 6.30. The molecule has 1 aliphatic heterocycles. The molecule has 0 radical (unpaired) electrons. The number of nitrogens with one attached hydrogen (secondary N) is 1. The predicted octanol–water partition coefficient (Wildman–Crippen LogP) is 3.70. The molecule has 1 heterocycles. The fourth-order valence-corrected chi connectivity index (χ4v) is 3.83. The van der Waals surface area contributed by atoms with E-state index in [0.717, 1.165) is 38.8 Å². The summed E-state index contributed by atoms with van der Waals surface area (Å²) < 4.78 is 7.81. The minimum atomic E-state index is -0.106. The van der Waals surface area contributed by atoms with Crippen LogP contribution < -0.4 is 16.0 Å². The summed E-state index contributed by atoms with van der Waals surface area (Å²) in [5.74, 6) is 6.76. The van der Waals surface area contributed by atoms with Crippen molar-refractivity contribution in [1.29, 1.82) is 0 Å². The monoisotopic (exact) mass is 396 g/mol. The van der Waals surface area contributed by atoms with Gasteiger partial charge in [-0.05, 0) is 23.3 Å². The Bertz CT molecular complexity index is 646. The predicted molar refractivity (Wildman–Crippen MR) is 86.6 cm³/mol. The highest BCUT2D eigenvalue weighted by atomic mass is 79.9. The first-order chi connectivity index (χ1) is 9.70. The Balaban J connectivity index is 2.09. The molecule has 0 bridgehead atoms. The van der Waals surface area contributed by atoms with Crippen molar-refractivity contribution in [3.63, 3.8) is 0 Å². The largest absolute Gasteiger partial charge is 0.493 e. The van der Waals surface area contributed by atoms with Crippen LogP contribution in [0.15, 0.2) is 45.3 Å². The van der Waals surface area contributed by atoms with Gasteiger partial charge in [0.25, 0.3) is 0 Å². The molecule has 1 unspecified atom stereocenters. The third-order valence-electron chi connectivity index (χ3n) is 3.50. The highest BCUT2D eigenvalue weighted by Gasteiger charge is 2.23. The zero-order chi connectivity index (χ0) is 14.1. The minimum absolute atomic E-state index is 0.106. The molecule has 20 heavy (non-hydrogen) atoms. The van der Waals surface area contributed by atoms with Crippen molar-refractivity contribution in [2.45, 2.75) is 12.5 Å². The van der Waals surface area contributed by atoms with Crippen LogP contribution in [-0.4, -0.2) is 6.61 Å². The number of benzene rings is 2. The second-order valence-corrected chi connectivity index (χ2v) is 6.47. The molecule has 2 aromatic rings. The lowest BCUT2D eigenvalue weighted by Crippen LogP contribution is -2.29. The maximum absolute atomic E-state index is 5.80. The Labute approximate surface area is 134 Å². The van der Waals surface area contributed by atoms with E-state index in [2.05, 4.69) is 55.5 Å². The number of fused-ring (bicyclic) bond motifs is 1. The second kappa shape index (κ2) is 5.85. The van der Waals surface area contributed by atoms with Crippen molar-refractivity contribution < 1.29 is 4.74 Å². The maximum atomic E-state index is 5.80. The molecular formula is C15H14Br2N2O. The lowest BCUT2D eigenvalue weighted by atomic mass is 9.96. The Morgan fingerprint density at radius 1 is 1.15 bits per heavy atom. The van der Waals surface area contributed by atoms with Crippen molar-refractivity contribution in [2.24, 2.45) is 5.84 Å². The van der Waals surface area contributed by atoms with Gasteiger partial charge >= 0.3 is 0 Å². The summed E-state index contributed by atoms with van der Waals surface area (Å²) >= 11 is 7.07. The van der Waals surface area contributed by atoms with E-state index in [4.69, 9.17) is 10.6 Å². The number of hydrazine groups is 1.